The summed E-state index contributed by atoms with van der Waals surface area (Å²) in [6, 6.07) is 16.4. The molecule has 0 bridgehead atoms. The molecule has 0 radical (unpaired) electrons. The van der Waals surface area contributed by atoms with E-state index in [-0.39, 0.29) is 22.7 Å². The smallest absolute Gasteiger partial charge is 0.355 e. The van der Waals surface area contributed by atoms with Crippen LogP contribution in [-0.4, -0.2) is 39.2 Å². The Morgan fingerprint density at radius 2 is 1.65 bits per heavy atom. The van der Waals surface area contributed by atoms with Crippen LogP contribution in [0.5, 0.6) is 0 Å². The number of nitriles is 1. The maximum absolute atomic E-state index is 13.2. The molecule has 2 aromatic carbocycles. The lowest BCUT2D eigenvalue weighted by molar-refractivity contribution is -0.139. The zero-order valence-corrected chi connectivity index (χ0v) is 21.6. The molecule has 4 rings (SSSR count). The number of nitrogens with two attached hydrogens (primary N) is 1. The highest BCUT2D eigenvalue weighted by molar-refractivity contribution is 6.33. The van der Waals surface area contributed by atoms with Crippen LogP contribution in [0.25, 0.3) is 0 Å². The van der Waals surface area contributed by atoms with Crippen molar-refractivity contribution in [1.29, 1.82) is 5.26 Å². The fraction of sp³-hybridized carbons (Fsp3) is 0.321. The number of allylic oxidation sites excluding steroid dienone is 1. The second-order valence-corrected chi connectivity index (χ2v) is 9.28. The average Bonchev–Trinajstić information content (AvgIpc) is 3.21. The maximum atomic E-state index is 13.2. The van der Waals surface area contributed by atoms with Crippen molar-refractivity contribution in [2.45, 2.75) is 31.6 Å². The second kappa shape index (κ2) is 11.4. The zero-order chi connectivity index (χ0) is 26.5. The Kier molecular flexibility index (Phi) is 8.04. The third-order valence-electron chi connectivity index (χ3n) is 6.75. The number of esters is 2. The Labute approximate surface area is 221 Å². The van der Waals surface area contributed by atoms with Gasteiger partial charge in [-0.05, 0) is 36.6 Å². The highest BCUT2D eigenvalue weighted by Crippen LogP contribution is 2.44. The molecule has 2 aliphatic heterocycles. The quantitative estimate of drug-likeness (QED) is 0.569. The number of anilines is 2. The van der Waals surface area contributed by atoms with Crippen molar-refractivity contribution >= 4 is 34.9 Å². The van der Waals surface area contributed by atoms with Crippen LogP contribution in [0.2, 0.25) is 5.02 Å². The third-order valence-corrected chi connectivity index (χ3v) is 7.05. The summed E-state index contributed by atoms with van der Waals surface area (Å²) in [4.78, 5) is 30.0. The van der Waals surface area contributed by atoms with E-state index in [1.165, 1.54) is 32.0 Å². The molecule has 37 heavy (non-hydrogen) atoms. The van der Waals surface area contributed by atoms with E-state index < -0.39 is 17.9 Å². The molecule has 1 atom stereocenters. The number of nitrogens with zero attached hydrogens (tertiary/aromatic N) is 3. The van der Waals surface area contributed by atoms with Gasteiger partial charge in [-0.15, -0.1) is 0 Å². The van der Waals surface area contributed by atoms with Crippen molar-refractivity contribution in [3.63, 3.8) is 0 Å². The zero-order valence-electron chi connectivity index (χ0n) is 20.9. The summed E-state index contributed by atoms with van der Waals surface area (Å²) < 4.78 is 10.2. The number of rotatable bonds is 5. The van der Waals surface area contributed by atoms with Crippen LogP contribution < -0.4 is 15.5 Å². The lowest BCUT2D eigenvalue weighted by atomic mass is 9.81. The van der Waals surface area contributed by atoms with Crippen LogP contribution in [-0.2, 0) is 19.1 Å². The van der Waals surface area contributed by atoms with Crippen LogP contribution in [0.1, 0.15) is 37.2 Å². The monoisotopic (exact) mass is 520 g/mol. The van der Waals surface area contributed by atoms with Crippen molar-refractivity contribution in [1.82, 2.24) is 0 Å². The highest BCUT2D eigenvalue weighted by Gasteiger charge is 2.43. The first-order valence-corrected chi connectivity index (χ1v) is 12.5. The van der Waals surface area contributed by atoms with E-state index in [4.69, 9.17) is 26.8 Å². The topological polar surface area (TPSA) is 109 Å². The molecule has 1 saturated heterocycles. The number of halogens is 1. The molecule has 1 unspecified atom stereocenters. The van der Waals surface area contributed by atoms with Gasteiger partial charge in [0.15, 0.2) is 0 Å². The summed E-state index contributed by atoms with van der Waals surface area (Å²) in [6.45, 7) is 1.81. The van der Waals surface area contributed by atoms with Crippen molar-refractivity contribution in [2.24, 2.45) is 5.73 Å². The molecule has 2 aromatic rings. The largest absolute Gasteiger partial charge is 0.466 e. The van der Waals surface area contributed by atoms with Gasteiger partial charge in [0.1, 0.15) is 11.5 Å². The number of carbonyl (C=O) groups excluding carboxylic acids is 2. The average molecular weight is 521 g/mol. The van der Waals surface area contributed by atoms with Gasteiger partial charge in [0, 0.05) is 18.8 Å². The molecule has 9 heteroatoms. The molecule has 2 heterocycles. The van der Waals surface area contributed by atoms with E-state index in [2.05, 4.69) is 11.0 Å². The second-order valence-electron chi connectivity index (χ2n) is 8.87. The van der Waals surface area contributed by atoms with Crippen molar-refractivity contribution in [3.05, 3.63) is 81.8 Å². The number of carbonyl (C=O) groups is 2. The predicted octanol–water partition coefficient (Wildman–Crippen LogP) is 4.62. The van der Waals surface area contributed by atoms with E-state index in [1.807, 2.05) is 12.1 Å². The van der Waals surface area contributed by atoms with Crippen molar-refractivity contribution < 1.29 is 19.1 Å². The van der Waals surface area contributed by atoms with Gasteiger partial charge in [0.2, 0.25) is 0 Å². The Morgan fingerprint density at radius 3 is 2.22 bits per heavy atom. The number of benzene rings is 2. The third kappa shape index (κ3) is 5.00. The van der Waals surface area contributed by atoms with Crippen molar-refractivity contribution in [2.75, 3.05) is 37.1 Å². The molecule has 0 saturated carbocycles. The standard InChI is InChI=1S/C28H29ClN4O4/c1-36-27(34)24-23(18-10-6-5-7-11-18)20(17-30)26(31)33(25(24)28(35)37-2)19-12-13-22(21(29)16-19)32-14-8-3-4-9-15-32/h5-7,10-13,16,23H,3-4,8-9,14-15,31H2,1-2H3. The normalized spacial score (nSPS) is 18.3. The minimum atomic E-state index is -0.921. The fourth-order valence-electron chi connectivity index (χ4n) is 4.98. The van der Waals surface area contributed by atoms with Gasteiger partial charge >= 0.3 is 11.9 Å². The summed E-state index contributed by atoms with van der Waals surface area (Å²) in [5.74, 6) is -2.49. The van der Waals surface area contributed by atoms with Gasteiger partial charge in [-0.3, -0.25) is 4.90 Å². The highest BCUT2D eigenvalue weighted by atomic mass is 35.5. The molecule has 0 amide bonds. The van der Waals surface area contributed by atoms with Gasteiger partial charge < -0.3 is 20.1 Å². The molecule has 0 spiro atoms. The number of hydrogen-bond donors (Lipinski definition) is 1. The summed E-state index contributed by atoms with van der Waals surface area (Å²) in [5.41, 5.74) is 8.41. The van der Waals surface area contributed by atoms with E-state index in [1.54, 1.807) is 36.4 Å². The SMILES string of the molecule is COC(=O)C1=C(C(=O)OC)N(c2ccc(N3CCCCCC3)c(Cl)c2)C(N)=C(C#N)C1c1ccccc1. The molecule has 0 aromatic heterocycles. The van der Waals surface area contributed by atoms with E-state index >= 15 is 0 Å². The number of ether oxygens (including phenoxy) is 2. The van der Waals surface area contributed by atoms with E-state index in [0.29, 0.717) is 16.3 Å². The summed E-state index contributed by atoms with van der Waals surface area (Å²) >= 11 is 6.75. The van der Waals surface area contributed by atoms with Gasteiger partial charge in [-0.2, -0.15) is 5.26 Å². The summed E-state index contributed by atoms with van der Waals surface area (Å²) in [6.07, 6.45) is 4.54. The van der Waals surface area contributed by atoms with Crippen LogP contribution in [0.15, 0.2) is 71.2 Å². The Balaban J connectivity index is 1.92. The van der Waals surface area contributed by atoms with Gasteiger partial charge in [-0.25, -0.2) is 9.59 Å². The predicted molar refractivity (Wildman–Crippen MR) is 142 cm³/mol. The molecule has 2 N–H and O–H groups in total. The Hall–Kier alpha value is -3.96. The fourth-order valence-corrected chi connectivity index (χ4v) is 5.28. The summed E-state index contributed by atoms with van der Waals surface area (Å²) in [5, 5.41) is 10.6. The minimum absolute atomic E-state index is 0.00277. The molecule has 0 aliphatic carbocycles. The first-order chi connectivity index (χ1) is 17.9. The van der Waals surface area contributed by atoms with Gasteiger partial charge in [-0.1, -0.05) is 54.8 Å². The molecule has 2 aliphatic rings. The van der Waals surface area contributed by atoms with Crippen LogP contribution >= 0.6 is 11.6 Å². The Bertz CT molecular complexity index is 1290. The maximum Gasteiger partial charge on any atom is 0.355 e. The number of methoxy groups -OCH3 is 2. The van der Waals surface area contributed by atoms with Crippen molar-refractivity contribution in [3.8, 4) is 6.07 Å². The number of hydrogen-bond acceptors (Lipinski definition) is 8. The minimum Gasteiger partial charge on any atom is -0.466 e. The first kappa shape index (κ1) is 26.1. The lowest BCUT2D eigenvalue weighted by Crippen LogP contribution is -2.40. The van der Waals surface area contributed by atoms with E-state index in [0.717, 1.165) is 31.6 Å². The lowest BCUT2D eigenvalue weighted by Gasteiger charge is -2.36. The Morgan fingerprint density at radius 1 is 1.00 bits per heavy atom. The molecule has 8 nitrogen and oxygen atoms in total. The molecular formula is C28H29ClN4O4. The molecular weight excluding hydrogens is 492 g/mol. The first-order valence-electron chi connectivity index (χ1n) is 12.1. The van der Waals surface area contributed by atoms with Gasteiger partial charge in [0.05, 0.1) is 48.1 Å². The van der Waals surface area contributed by atoms with Crippen LogP contribution in [0, 0.1) is 11.3 Å². The molecule has 192 valence electrons. The summed E-state index contributed by atoms with van der Waals surface area (Å²) in [7, 11) is 2.44. The van der Waals surface area contributed by atoms with E-state index in [9.17, 15) is 14.9 Å². The van der Waals surface area contributed by atoms with Crippen LogP contribution in [0.3, 0.4) is 0 Å². The van der Waals surface area contributed by atoms with Gasteiger partial charge in [0.25, 0.3) is 0 Å². The van der Waals surface area contributed by atoms with Crippen LogP contribution in [0.4, 0.5) is 11.4 Å². The molecule has 1 fully saturated rings.